The van der Waals surface area contributed by atoms with Gasteiger partial charge in [-0.3, -0.25) is 10.7 Å². The molecule has 1 unspecified atom stereocenters. The van der Waals surface area contributed by atoms with Crippen LogP contribution in [0.3, 0.4) is 0 Å². The number of amidine groups is 1. The number of H-pyrrole nitrogens is 1. The second-order valence-corrected chi connectivity index (χ2v) is 7.25. The first kappa shape index (κ1) is 16.9. The van der Waals surface area contributed by atoms with Gasteiger partial charge in [-0.05, 0) is 25.1 Å². The Kier molecular flexibility index (Phi) is 3.70. The van der Waals surface area contributed by atoms with Gasteiger partial charge in [0.15, 0.2) is 5.79 Å². The van der Waals surface area contributed by atoms with Gasteiger partial charge in [0.25, 0.3) is 0 Å². The Labute approximate surface area is 150 Å². The Bertz CT molecular complexity index is 1000. The molecule has 3 aromatic rings. The summed E-state index contributed by atoms with van der Waals surface area (Å²) in [6.07, 6.45) is -2.78. The number of thiazole rings is 1. The maximum Gasteiger partial charge on any atom is 0.408 e. The molecule has 0 amide bonds. The molecule has 1 aromatic carbocycles. The molecule has 0 spiro atoms. The number of hydrogen-bond donors (Lipinski definition) is 4. The molecule has 2 aromatic heterocycles. The van der Waals surface area contributed by atoms with Gasteiger partial charge in [-0.1, -0.05) is 6.07 Å². The van der Waals surface area contributed by atoms with E-state index < -0.39 is 18.5 Å². The number of benzene rings is 1. The monoisotopic (exact) mass is 380 g/mol. The molecule has 3 heterocycles. The summed E-state index contributed by atoms with van der Waals surface area (Å²) in [6.45, 7) is 0.621. The Morgan fingerprint density at radius 1 is 1.27 bits per heavy atom. The van der Waals surface area contributed by atoms with Crippen molar-refractivity contribution < 1.29 is 13.2 Å². The number of halogens is 3. The van der Waals surface area contributed by atoms with Crippen LogP contribution in [-0.2, 0) is 5.79 Å². The van der Waals surface area contributed by atoms with E-state index in [4.69, 9.17) is 5.73 Å². The normalized spacial score (nSPS) is 21.5. The van der Waals surface area contributed by atoms with Gasteiger partial charge in [-0.15, -0.1) is 11.3 Å². The molecule has 0 aliphatic carbocycles. The molecule has 0 saturated carbocycles. The van der Waals surface area contributed by atoms with Gasteiger partial charge < -0.3 is 15.6 Å². The van der Waals surface area contributed by atoms with Gasteiger partial charge in [0.1, 0.15) is 18.2 Å². The third-order valence-corrected chi connectivity index (χ3v) is 4.94. The highest BCUT2D eigenvalue weighted by atomic mass is 32.1. The summed E-state index contributed by atoms with van der Waals surface area (Å²) in [7, 11) is 0. The van der Waals surface area contributed by atoms with Crippen LogP contribution >= 0.6 is 11.3 Å². The number of nitrogens with one attached hydrogen (secondary N) is 3. The first-order valence-corrected chi connectivity index (χ1v) is 8.57. The predicted octanol–water partition coefficient (Wildman–Crippen LogP) is 3.03. The summed E-state index contributed by atoms with van der Waals surface area (Å²) in [6, 6.07) is 7.13. The largest absolute Gasteiger partial charge is 0.408 e. The van der Waals surface area contributed by atoms with Crippen molar-refractivity contribution in [1.82, 2.24) is 15.3 Å². The second-order valence-electron chi connectivity index (χ2n) is 6.02. The molecule has 0 fully saturated rings. The number of nitrogens with two attached hydrogens (primary N) is 1. The van der Waals surface area contributed by atoms with Crippen LogP contribution in [-0.4, -0.2) is 28.5 Å². The smallest absolute Gasteiger partial charge is 0.348 e. The first-order valence-electron chi connectivity index (χ1n) is 7.75. The SMILES string of the molecule is Cc1nc2ccc(C3(N)NC(=NCC(F)(F)F)c4cc[nH]c4N3)cc2s1. The molecule has 10 heteroatoms. The van der Waals surface area contributed by atoms with Gasteiger partial charge in [0.2, 0.25) is 0 Å². The number of aromatic amines is 1. The third-order valence-electron chi connectivity index (χ3n) is 4.01. The second kappa shape index (κ2) is 5.71. The van der Waals surface area contributed by atoms with E-state index >= 15 is 0 Å². The maximum atomic E-state index is 12.6. The minimum absolute atomic E-state index is 0.0837. The lowest BCUT2D eigenvalue weighted by molar-refractivity contribution is -0.118. The lowest BCUT2D eigenvalue weighted by atomic mass is 10.0. The van der Waals surface area contributed by atoms with Gasteiger partial charge in [-0.25, -0.2) is 4.98 Å². The molecule has 1 aliphatic rings. The summed E-state index contributed by atoms with van der Waals surface area (Å²) in [4.78, 5) is 11.0. The molecule has 1 aliphatic heterocycles. The van der Waals surface area contributed by atoms with Crippen LogP contribution in [0.5, 0.6) is 0 Å². The topological polar surface area (TPSA) is 91.1 Å². The van der Waals surface area contributed by atoms with Crippen LogP contribution in [0, 0.1) is 6.92 Å². The van der Waals surface area contributed by atoms with E-state index in [-0.39, 0.29) is 5.84 Å². The first-order chi connectivity index (χ1) is 12.2. The van der Waals surface area contributed by atoms with E-state index in [1.165, 1.54) is 11.3 Å². The van der Waals surface area contributed by atoms with E-state index in [1.807, 2.05) is 19.1 Å². The zero-order chi connectivity index (χ0) is 18.5. The number of aliphatic imine (C=N–C) groups is 1. The molecule has 4 rings (SSSR count). The van der Waals surface area contributed by atoms with Crippen molar-refractivity contribution in [2.24, 2.45) is 10.7 Å². The summed E-state index contributed by atoms with van der Waals surface area (Å²) in [5, 5.41) is 6.94. The molecular weight excluding hydrogens is 365 g/mol. The van der Waals surface area contributed by atoms with E-state index in [1.54, 1.807) is 18.3 Å². The average Bonchev–Trinajstić information content (AvgIpc) is 3.15. The predicted molar refractivity (Wildman–Crippen MR) is 95.2 cm³/mol. The lowest BCUT2D eigenvalue weighted by Crippen LogP contribution is -2.61. The van der Waals surface area contributed by atoms with Crippen LogP contribution in [0.25, 0.3) is 10.2 Å². The van der Waals surface area contributed by atoms with Crippen molar-refractivity contribution in [3.05, 3.63) is 46.6 Å². The summed E-state index contributed by atoms with van der Waals surface area (Å²) >= 11 is 1.52. The highest BCUT2D eigenvalue weighted by Gasteiger charge is 2.36. The quantitative estimate of drug-likeness (QED) is 0.550. The van der Waals surface area contributed by atoms with Crippen molar-refractivity contribution in [3.63, 3.8) is 0 Å². The van der Waals surface area contributed by atoms with Crippen molar-refractivity contribution in [2.75, 3.05) is 11.9 Å². The van der Waals surface area contributed by atoms with Crippen molar-refractivity contribution in [1.29, 1.82) is 0 Å². The fourth-order valence-corrected chi connectivity index (χ4v) is 3.74. The van der Waals surface area contributed by atoms with Crippen LogP contribution in [0.15, 0.2) is 35.5 Å². The Morgan fingerprint density at radius 3 is 2.85 bits per heavy atom. The highest BCUT2D eigenvalue weighted by Crippen LogP contribution is 2.31. The molecule has 1 atom stereocenters. The minimum atomic E-state index is -4.40. The van der Waals surface area contributed by atoms with Crippen molar-refractivity contribution >= 4 is 33.2 Å². The maximum absolute atomic E-state index is 12.6. The van der Waals surface area contributed by atoms with Crippen molar-refractivity contribution in [3.8, 4) is 0 Å². The highest BCUT2D eigenvalue weighted by molar-refractivity contribution is 7.18. The fraction of sp³-hybridized carbons (Fsp3) is 0.250. The van der Waals surface area contributed by atoms with Gasteiger partial charge in [0, 0.05) is 11.8 Å². The van der Waals surface area contributed by atoms with Crippen molar-refractivity contribution in [2.45, 2.75) is 18.9 Å². The molecule has 5 N–H and O–H groups in total. The fourth-order valence-electron chi connectivity index (χ4n) is 2.88. The molecular formula is C16H15F3N6S. The molecule has 0 radical (unpaired) electrons. The summed E-state index contributed by atoms with van der Waals surface area (Å²) in [5.41, 5.74) is 8.48. The molecule has 0 bridgehead atoms. The summed E-state index contributed by atoms with van der Waals surface area (Å²) in [5.74, 6) is -0.720. The van der Waals surface area contributed by atoms with E-state index in [9.17, 15) is 13.2 Å². The number of rotatable bonds is 2. The van der Waals surface area contributed by atoms with Gasteiger partial charge in [0.05, 0.1) is 20.8 Å². The molecule has 26 heavy (non-hydrogen) atoms. The average molecular weight is 380 g/mol. The Morgan fingerprint density at radius 2 is 2.08 bits per heavy atom. The zero-order valence-corrected chi connectivity index (χ0v) is 14.4. The third kappa shape index (κ3) is 3.01. The number of alkyl halides is 3. The Hall–Kier alpha value is -2.59. The number of fused-ring (bicyclic) bond motifs is 2. The molecule has 0 saturated heterocycles. The van der Waals surface area contributed by atoms with Crippen LogP contribution in [0.2, 0.25) is 0 Å². The lowest BCUT2D eigenvalue weighted by Gasteiger charge is -2.37. The van der Waals surface area contributed by atoms with Crippen LogP contribution in [0.1, 0.15) is 16.1 Å². The number of aryl methyl sites for hydroxylation is 1. The minimum Gasteiger partial charge on any atom is -0.348 e. The summed E-state index contributed by atoms with van der Waals surface area (Å²) < 4.78 is 38.8. The number of hydrogen-bond acceptors (Lipinski definition) is 5. The number of anilines is 1. The Balaban J connectivity index is 1.75. The van der Waals surface area contributed by atoms with Gasteiger partial charge >= 0.3 is 6.18 Å². The van der Waals surface area contributed by atoms with Crippen LogP contribution < -0.4 is 16.4 Å². The standard InChI is InChI=1S/C16H15F3N6S/c1-8-23-11-3-2-9(6-12(11)26-8)16(20)24-13-10(4-5-21-13)14(25-16)22-7-15(17,18)19/h2-6,21,24H,7,20H2,1H3,(H,22,25). The van der Waals surface area contributed by atoms with Crippen LogP contribution in [0.4, 0.5) is 19.0 Å². The molecule has 6 nitrogen and oxygen atoms in total. The van der Waals surface area contributed by atoms with E-state index in [0.717, 1.165) is 15.2 Å². The number of aromatic nitrogens is 2. The number of nitrogens with zero attached hydrogens (tertiary/aromatic N) is 2. The van der Waals surface area contributed by atoms with E-state index in [2.05, 4.69) is 25.6 Å². The zero-order valence-electron chi connectivity index (χ0n) is 13.6. The van der Waals surface area contributed by atoms with Gasteiger partial charge in [-0.2, -0.15) is 13.2 Å². The molecule has 136 valence electrons. The van der Waals surface area contributed by atoms with E-state index in [0.29, 0.717) is 16.9 Å².